The van der Waals surface area contributed by atoms with E-state index in [0.717, 1.165) is 25.9 Å². The fourth-order valence-electron chi connectivity index (χ4n) is 5.06. The normalized spacial score (nSPS) is 22.9. The summed E-state index contributed by atoms with van der Waals surface area (Å²) in [6, 6.07) is 6.11. The van der Waals surface area contributed by atoms with Gasteiger partial charge in [0.15, 0.2) is 5.52 Å². The summed E-state index contributed by atoms with van der Waals surface area (Å²) in [6.45, 7) is 10.1. The van der Waals surface area contributed by atoms with Gasteiger partial charge in [0.05, 0.1) is 53.5 Å². The third-order valence-corrected chi connectivity index (χ3v) is 8.81. The molecule has 3 aromatic rings. The van der Waals surface area contributed by atoms with Crippen molar-refractivity contribution < 1.29 is 18.1 Å². The van der Waals surface area contributed by atoms with Gasteiger partial charge in [0.25, 0.3) is 0 Å². The number of halogens is 1. The Morgan fingerprint density at radius 3 is 2.53 bits per heavy atom. The lowest BCUT2D eigenvalue weighted by atomic mass is 9.73. The molecule has 5 rings (SSSR count). The molecule has 4 heterocycles. The van der Waals surface area contributed by atoms with E-state index in [1.54, 1.807) is 30.1 Å². The lowest BCUT2D eigenvalue weighted by molar-refractivity contribution is 0.0972. The van der Waals surface area contributed by atoms with Crippen LogP contribution in [0.5, 0.6) is 5.88 Å². The Labute approximate surface area is 213 Å². The number of anilines is 1. The number of fused-ring (bicyclic) bond motifs is 1. The largest absolute Gasteiger partial charge is 0.479 e. The van der Waals surface area contributed by atoms with Gasteiger partial charge in [-0.1, -0.05) is 0 Å². The van der Waals surface area contributed by atoms with Crippen LogP contribution in [0.4, 0.5) is 10.3 Å². The summed E-state index contributed by atoms with van der Waals surface area (Å²) >= 11 is 0. The zero-order chi connectivity index (χ0) is 25.7. The molecule has 1 unspecified atom stereocenters. The first kappa shape index (κ1) is 25.0. The van der Waals surface area contributed by atoms with Crippen molar-refractivity contribution in [2.45, 2.75) is 57.4 Å². The highest BCUT2D eigenvalue weighted by atomic mass is 32.2. The van der Waals surface area contributed by atoms with E-state index in [4.69, 9.17) is 19.4 Å². The average molecular weight is 517 g/mol. The molecule has 0 bridgehead atoms. The number of aromatic nitrogens is 4. The SMILES string of the molecule is COc1nc(N2CCC3(CC2)CO[C@@H](C)[C@H]3NS(=O)C(C)(C)C)nc2cnn(-c3ccc(F)cc3)c12. The summed E-state index contributed by atoms with van der Waals surface area (Å²) in [5.41, 5.74) is 1.90. The van der Waals surface area contributed by atoms with Crippen LogP contribution >= 0.6 is 0 Å². The smallest absolute Gasteiger partial charge is 0.245 e. The summed E-state index contributed by atoms with van der Waals surface area (Å²) in [4.78, 5) is 11.6. The first-order valence-electron chi connectivity index (χ1n) is 12.2. The van der Waals surface area contributed by atoms with E-state index in [2.05, 4.69) is 21.6 Å². The Bertz CT molecular complexity index is 1270. The molecule has 0 aliphatic carbocycles. The maximum absolute atomic E-state index is 13.4. The molecular formula is C25H33FN6O3S. The molecule has 194 valence electrons. The molecule has 1 spiro atoms. The number of nitrogens with one attached hydrogen (secondary N) is 1. The van der Waals surface area contributed by atoms with Crippen molar-refractivity contribution in [3.8, 4) is 11.6 Å². The molecule has 36 heavy (non-hydrogen) atoms. The number of piperidine rings is 1. The van der Waals surface area contributed by atoms with Crippen LogP contribution in [0.1, 0.15) is 40.5 Å². The van der Waals surface area contributed by atoms with Gasteiger partial charge in [-0.05, 0) is 64.8 Å². The summed E-state index contributed by atoms with van der Waals surface area (Å²) < 4.78 is 42.7. The lowest BCUT2D eigenvalue weighted by Gasteiger charge is -2.43. The van der Waals surface area contributed by atoms with Crippen LogP contribution in [-0.4, -0.2) is 67.7 Å². The van der Waals surface area contributed by atoms with Crippen LogP contribution in [-0.2, 0) is 15.7 Å². The maximum Gasteiger partial charge on any atom is 0.245 e. The second-order valence-electron chi connectivity index (χ2n) is 10.6. The molecule has 2 aromatic heterocycles. The Balaban J connectivity index is 1.38. The van der Waals surface area contributed by atoms with E-state index < -0.39 is 11.0 Å². The summed E-state index contributed by atoms with van der Waals surface area (Å²) in [7, 11) is 0.401. The standard InChI is InChI=1S/C25H33FN6O3S/c1-16-21(30-36(33)24(2,3)4)25(15-35-16)10-12-31(13-11-25)23-28-19-14-27-32(20(19)22(29-23)34-5)18-8-6-17(26)7-9-18/h6-9,14,16,21,30H,10-13,15H2,1-5H3/t16-,21+,36?/m0/s1. The number of nitrogens with zero attached hydrogens (tertiary/aromatic N) is 5. The molecule has 11 heteroatoms. The van der Waals surface area contributed by atoms with Gasteiger partial charge in [-0.25, -0.2) is 23.0 Å². The maximum atomic E-state index is 13.4. The number of benzene rings is 1. The molecule has 9 nitrogen and oxygen atoms in total. The molecule has 2 aliphatic heterocycles. The van der Waals surface area contributed by atoms with E-state index in [0.29, 0.717) is 35.2 Å². The van der Waals surface area contributed by atoms with Crippen molar-refractivity contribution in [3.63, 3.8) is 0 Å². The van der Waals surface area contributed by atoms with Gasteiger partial charge in [-0.2, -0.15) is 10.1 Å². The van der Waals surface area contributed by atoms with Crippen molar-refractivity contribution in [2.24, 2.45) is 5.41 Å². The van der Waals surface area contributed by atoms with Crippen molar-refractivity contribution >= 4 is 28.0 Å². The van der Waals surface area contributed by atoms with E-state index in [1.165, 1.54) is 12.1 Å². The Morgan fingerprint density at radius 1 is 1.19 bits per heavy atom. The predicted molar refractivity (Wildman–Crippen MR) is 137 cm³/mol. The highest BCUT2D eigenvalue weighted by molar-refractivity contribution is 7.84. The molecular weight excluding hydrogens is 483 g/mol. The second-order valence-corrected chi connectivity index (χ2v) is 12.6. The molecule has 1 aromatic carbocycles. The van der Waals surface area contributed by atoms with Crippen molar-refractivity contribution in [2.75, 3.05) is 31.7 Å². The van der Waals surface area contributed by atoms with Gasteiger partial charge in [0, 0.05) is 18.5 Å². The van der Waals surface area contributed by atoms with Gasteiger partial charge in [-0.15, -0.1) is 0 Å². The predicted octanol–water partition coefficient (Wildman–Crippen LogP) is 3.39. The lowest BCUT2D eigenvalue weighted by Crippen LogP contribution is -2.55. The minimum absolute atomic E-state index is 0.00663. The summed E-state index contributed by atoms with van der Waals surface area (Å²) in [5, 5.41) is 4.45. The molecule has 2 aliphatic rings. The molecule has 0 saturated carbocycles. The van der Waals surface area contributed by atoms with E-state index in [1.807, 2.05) is 20.8 Å². The fraction of sp³-hybridized carbons (Fsp3) is 0.560. The van der Waals surface area contributed by atoms with E-state index in [-0.39, 0.29) is 28.1 Å². The number of hydrogen-bond acceptors (Lipinski definition) is 7. The summed E-state index contributed by atoms with van der Waals surface area (Å²) in [6.07, 6.45) is 3.41. The van der Waals surface area contributed by atoms with Gasteiger partial charge in [0.2, 0.25) is 11.8 Å². The topological polar surface area (TPSA) is 94.4 Å². The zero-order valence-electron chi connectivity index (χ0n) is 21.3. The quantitative estimate of drug-likeness (QED) is 0.556. The van der Waals surface area contributed by atoms with Gasteiger partial charge >= 0.3 is 0 Å². The van der Waals surface area contributed by atoms with Crippen LogP contribution in [0, 0.1) is 11.2 Å². The van der Waals surface area contributed by atoms with E-state index >= 15 is 0 Å². The first-order chi connectivity index (χ1) is 17.1. The molecule has 3 atom stereocenters. The van der Waals surface area contributed by atoms with Crippen molar-refractivity contribution in [1.82, 2.24) is 24.5 Å². The van der Waals surface area contributed by atoms with Gasteiger partial charge in [-0.3, -0.25) is 0 Å². The highest BCUT2D eigenvalue weighted by Gasteiger charge is 2.50. The van der Waals surface area contributed by atoms with Crippen LogP contribution < -0.4 is 14.4 Å². The minimum Gasteiger partial charge on any atom is -0.479 e. The zero-order valence-corrected chi connectivity index (χ0v) is 22.1. The van der Waals surface area contributed by atoms with Crippen LogP contribution in [0.25, 0.3) is 16.7 Å². The molecule has 1 N–H and O–H groups in total. The van der Waals surface area contributed by atoms with Crippen LogP contribution in [0.2, 0.25) is 0 Å². The summed E-state index contributed by atoms with van der Waals surface area (Å²) in [5.74, 6) is 0.686. The Morgan fingerprint density at radius 2 is 1.89 bits per heavy atom. The monoisotopic (exact) mass is 516 g/mol. The van der Waals surface area contributed by atoms with Crippen LogP contribution in [0.15, 0.2) is 30.5 Å². The number of hydrogen-bond donors (Lipinski definition) is 1. The molecule has 2 fully saturated rings. The van der Waals surface area contributed by atoms with Crippen molar-refractivity contribution in [1.29, 1.82) is 0 Å². The average Bonchev–Trinajstić information content (AvgIpc) is 3.41. The molecule has 0 amide bonds. The fourth-order valence-corrected chi connectivity index (χ4v) is 6.09. The molecule has 0 radical (unpaired) electrons. The minimum atomic E-state index is -1.17. The first-order valence-corrected chi connectivity index (χ1v) is 13.4. The van der Waals surface area contributed by atoms with Gasteiger partial charge < -0.3 is 14.4 Å². The third-order valence-electron chi connectivity index (χ3n) is 7.23. The van der Waals surface area contributed by atoms with E-state index in [9.17, 15) is 8.60 Å². The van der Waals surface area contributed by atoms with Crippen molar-refractivity contribution in [3.05, 3.63) is 36.3 Å². The number of ether oxygens (including phenoxy) is 2. The molecule has 2 saturated heterocycles. The highest BCUT2D eigenvalue weighted by Crippen LogP contribution is 2.43. The second kappa shape index (κ2) is 9.35. The number of methoxy groups -OCH3 is 1. The Hall–Kier alpha value is -2.63. The van der Waals surface area contributed by atoms with Crippen LogP contribution in [0.3, 0.4) is 0 Å². The third kappa shape index (κ3) is 4.48. The number of rotatable bonds is 5. The Kier molecular flexibility index (Phi) is 6.50. The van der Waals surface area contributed by atoms with Gasteiger partial charge in [0.1, 0.15) is 11.3 Å².